The summed E-state index contributed by atoms with van der Waals surface area (Å²) in [6, 6.07) is 6.08. The molecule has 4 nitrogen and oxygen atoms in total. The number of aryl methyl sites for hydroxylation is 1. The highest BCUT2D eigenvalue weighted by Gasteiger charge is 2.24. The van der Waals surface area contributed by atoms with Gasteiger partial charge in [0.1, 0.15) is 6.10 Å². The lowest BCUT2D eigenvalue weighted by Gasteiger charge is -2.24. The van der Waals surface area contributed by atoms with Crippen LogP contribution in [0.15, 0.2) is 18.2 Å². The van der Waals surface area contributed by atoms with Crippen molar-refractivity contribution < 1.29 is 9.53 Å². The third-order valence-electron chi connectivity index (χ3n) is 5.55. The molecule has 0 spiro atoms. The second-order valence-electron chi connectivity index (χ2n) is 7.37. The number of ether oxygens (including phenoxy) is 1. The average Bonchev–Trinajstić information content (AvgIpc) is 3.19. The van der Waals surface area contributed by atoms with Crippen molar-refractivity contribution in [3.8, 4) is 0 Å². The van der Waals surface area contributed by atoms with E-state index in [2.05, 4.69) is 28.6 Å². The van der Waals surface area contributed by atoms with Crippen molar-refractivity contribution in [3.63, 3.8) is 0 Å². The molecule has 2 aliphatic rings. The highest BCUT2D eigenvalue weighted by atomic mass is 35.5. The molecule has 134 valence electrons. The first-order valence-corrected chi connectivity index (χ1v) is 9.67. The number of rotatable bonds is 4. The molecular weight excluding hydrogens is 336 g/mol. The molecule has 0 bridgehead atoms. The lowest BCUT2D eigenvalue weighted by atomic mass is 10.1. The second-order valence-corrected chi connectivity index (χ2v) is 7.81. The van der Waals surface area contributed by atoms with E-state index in [0.717, 1.165) is 37.4 Å². The number of esters is 1. The monoisotopic (exact) mass is 360 g/mol. The second kappa shape index (κ2) is 7.00. The van der Waals surface area contributed by atoms with Crippen LogP contribution in [0.4, 0.5) is 0 Å². The highest BCUT2D eigenvalue weighted by Crippen LogP contribution is 2.32. The summed E-state index contributed by atoms with van der Waals surface area (Å²) in [5.41, 5.74) is 3.89. The fraction of sp³-hybridized carbons (Fsp3) is 0.550. The van der Waals surface area contributed by atoms with Crippen LogP contribution in [0.1, 0.15) is 43.4 Å². The number of hydrogen-bond acceptors (Lipinski definition) is 3. The normalized spacial score (nSPS) is 18.6. The summed E-state index contributed by atoms with van der Waals surface area (Å²) >= 11 is 6.23. The molecule has 2 aromatic rings. The van der Waals surface area contributed by atoms with E-state index in [1.54, 1.807) is 0 Å². The molecule has 4 rings (SSSR count). The quantitative estimate of drug-likeness (QED) is 0.768. The molecule has 0 N–H and O–H groups in total. The maximum atomic E-state index is 12.2. The smallest absolute Gasteiger partial charge is 0.307 e. The van der Waals surface area contributed by atoms with Crippen molar-refractivity contribution in [1.29, 1.82) is 0 Å². The van der Waals surface area contributed by atoms with E-state index in [9.17, 15) is 4.79 Å². The van der Waals surface area contributed by atoms with Gasteiger partial charge in [-0.15, -0.1) is 0 Å². The molecule has 1 fully saturated rings. The number of likely N-dealkylation sites (N-methyl/N-ethyl adjacent to an activating group) is 1. The van der Waals surface area contributed by atoms with E-state index in [1.807, 2.05) is 6.07 Å². The van der Waals surface area contributed by atoms with Gasteiger partial charge in [-0.05, 0) is 56.5 Å². The zero-order valence-electron chi connectivity index (χ0n) is 14.8. The number of benzene rings is 1. The van der Waals surface area contributed by atoms with Crippen molar-refractivity contribution >= 4 is 28.5 Å². The van der Waals surface area contributed by atoms with Gasteiger partial charge in [0.15, 0.2) is 0 Å². The van der Waals surface area contributed by atoms with Gasteiger partial charge in [-0.25, -0.2) is 0 Å². The molecule has 0 saturated heterocycles. The van der Waals surface area contributed by atoms with Crippen LogP contribution in [0.5, 0.6) is 0 Å². The minimum Gasteiger partial charge on any atom is -0.462 e. The number of aromatic nitrogens is 1. The lowest BCUT2D eigenvalue weighted by molar-refractivity contribution is -0.148. The van der Waals surface area contributed by atoms with Crippen LogP contribution in [0.3, 0.4) is 0 Å². The summed E-state index contributed by atoms with van der Waals surface area (Å²) in [7, 11) is 2.15. The van der Waals surface area contributed by atoms with Crippen LogP contribution in [0.25, 0.3) is 10.9 Å². The predicted octanol–water partition coefficient (Wildman–Crippen LogP) is 4.16. The Morgan fingerprint density at radius 1 is 1.32 bits per heavy atom. The Hall–Kier alpha value is -1.52. The predicted molar refractivity (Wildman–Crippen MR) is 100.0 cm³/mol. The Balaban J connectivity index is 1.57. The molecule has 0 radical (unpaired) electrons. The first-order chi connectivity index (χ1) is 12.1. The number of fused-ring (bicyclic) bond motifs is 3. The minimum absolute atomic E-state index is 0.0654. The number of nitrogens with zero attached hydrogens (tertiary/aromatic N) is 2. The standard InChI is InChI=1S/C20H25ClN2O2/c1-22-10-8-19-17(13-22)16-12-14(21)6-7-18(16)23(19)11-9-20(24)25-15-4-2-3-5-15/h6-7,12,15H,2-5,8-11,13H2,1H3. The van der Waals surface area contributed by atoms with E-state index in [4.69, 9.17) is 16.3 Å². The Morgan fingerprint density at radius 2 is 2.12 bits per heavy atom. The third kappa shape index (κ3) is 3.42. The van der Waals surface area contributed by atoms with Crippen molar-refractivity contribution in [2.75, 3.05) is 13.6 Å². The van der Waals surface area contributed by atoms with Gasteiger partial charge in [0.2, 0.25) is 0 Å². The molecule has 2 heterocycles. The van der Waals surface area contributed by atoms with Crippen LogP contribution in [0.2, 0.25) is 5.02 Å². The molecule has 1 aliphatic carbocycles. The molecule has 0 unspecified atom stereocenters. The summed E-state index contributed by atoms with van der Waals surface area (Å²) in [5.74, 6) is -0.0654. The number of carbonyl (C=O) groups is 1. The molecular formula is C20H25ClN2O2. The fourth-order valence-corrected chi connectivity index (χ4v) is 4.44. The summed E-state index contributed by atoms with van der Waals surface area (Å²) in [5, 5.41) is 1.99. The van der Waals surface area contributed by atoms with E-state index in [0.29, 0.717) is 13.0 Å². The topological polar surface area (TPSA) is 34.5 Å². The van der Waals surface area contributed by atoms with Crippen LogP contribution in [-0.4, -0.2) is 35.1 Å². The van der Waals surface area contributed by atoms with Gasteiger partial charge in [0.05, 0.1) is 6.42 Å². The van der Waals surface area contributed by atoms with Crippen LogP contribution < -0.4 is 0 Å². The minimum atomic E-state index is -0.0654. The Morgan fingerprint density at radius 3 is 2.92 bits per heavy atom. The van der Waals surface area contributed by atoms with Crippen LogP contribution in [0, 0.1) is 0 Å². The Bertz CT molecular complexity index is 793. The SMILES string of the molecule is CN1CCc2c(c3cc(Cl)ccc3n2CCC(=O)OC2CCCC2)C1. The molecule has 0 amide bonds. The molecule has 1 aliphatic heterocycles. The van der Waals surface area contributed by atoms with E-state index in [1.165, 1.54) is 35.0 Å². The first kappa shape index (κ1) is 16.9. The maximum Gasteiger partial charge on any atom is 0.307 e. The van der Waals surface area contributed by atoms with Gasteiger partial charge in [0.25, 0.3) is 0 Å². The highest BCUT2D eigenvalue weighted by molar-refractivity contribution is 6.31. The molecule has 1 saturated carbocycles. The van der Waals surface area contributed by atoms with Crippen LogP contribution >= 0.6 is 11.6 Å². The van der Waals surface area contributed by atoms with Gasteiger partial charge in [-0.2, -0.15) is 0 Å². The number of hydrogen-bond donors (Lipinski definition) is 0. The largest absolute Gasteiger partial charge is 0.462 e. The van der Waals surface area contributed by atoms with Gasteiger partial charge in [-0.1, -0.05) is 11.6 Å². The molecule has 1 aromatic carbocycles. The van der Waals surface area contributed by atoms with Crippen molar-refractivity contribution in [2.24, 2.45) is 0 Å². The fourth-order valence-electron chi connectivity index (χ4n) is 4.27. The third-order valence-corrected chi connectivity index (χ3v) is 5.78. The molecule has 1 aromatic heterocycles. The molecule has 25 heavy (non-hydrogen) atoms. The van der Waals surface area contributed by atoms with Gasteiger partial charge >= 0.3 is 5.97 Å². The summed E-state index contributed by atoms with van der Waals surface area (Å²) in [4.78, 5) is 14.6. The summed E-state index contributed by atoms with van der Waals surface area (Å²) in [6.07, 6.45) is 6.01. The van der Waals surface area contributed by atoms with Crippen LogP contribution in [-0.2, 0) is 29.0 Å². The number of halogens is 1. The van der Waals surface area contributed by atoms with Crippen molar-refractivity contribution in [3.05, 3.63) is 34.5 Å². The summed E-state index contributed by atoms with van der Waals surface area (Å²) < 4.78 is 7.93. The maximum absolute atomic E-state index is 12.2. The Kier molecular flexibility index (Phi) is 4.74. The van der Waals surface area contributed by atoms with Gasteiger partial charge < -0.3 is 14.2 Å². The van der Waals surface area contributed by atoms with Gasteiger partial charge in [-0.3, -0.25) is 4.79 Å². The lowest BCUT2D eigenvalue weighted by Crippen LogP contribution is -2.27. The van der Waals surface area contributed by atoms with E-state index in [-0.39, 0.29) is 12.1 Å². The number of carbonyl (C=O) groups excluding carboxylic acids is 1. The van der Waals surface area contributed by atoms with E-state index >= 15 is 0 Å². The zero-order chi connectivity index (χ0) is 17.4. The van der Waals surface area contributed by atoms with Gasteiger partial charge in [0, 0.05) is 47.7 Å². The molecule has 0 atom stereocenters. The zero-order valence-corrected chi connectivity index (χ0v) is 15.5. The molecule has 5 heteroatoms. The van der Waals surface area contributed by atoms with E-state index < -0.39 is 0 Å². The Labute approximate surface area is 153 Å². The first-order valence-electron chi connectivity index (χ1n) is 9.29. The van der Waals surface area contributed by atoms with Crippen molar-refractivity contribution in [1.82, 2.24) is 9.47 Å². The van der Waals surface area contributed by atoms with Crippen molar-refractivity contribution in [2.45, 2.75) is 57.7 Å². The summed E-state index contributed by atoms with van der Waals surface area (Å²) in [6.45, 7) is 2.66. The average molecular weight is 361 g/mol.